The molecule has 7 heteroatoms. The van der Waals surface area contributed by atoms with E-state index in [1.165, 1.54) is 5.56 Å². The van der Waals surface area contributed by atoms with E-state index in [0.717, 1.165) is 31.2 Å². The number of thiophene rings is 1. The van der Waals surface area contributed by atoms with Gasteiger partial charge in [0, 0.05) is 25.8 Å². The van der Waals surface area contributed by atoms with Crippen LogP contribution >= 0.6 is 34.5 Å². The van der Waals surface area contributed by atoms with Crippen molar-refractivity contribution in [2.75, 3.05) is 13.1 Å². The number of nitrogens with zero attached hydrogens (tertiary/aromatic N) is 2. The molecule has 4 nitrogen and oxygen atoms in total. The summed E-state index contributed by atoms with van der Waals surface area (Å²) in [6.45, 7) is 4.24. The molecule has 0 aliphatic rings. The van der Waals surface area contributed by atoms with Crippen molar-refractivity contribution in [2.45, 2.75) is 19.9 Å². The van der Waals surface area contributed by atoms with E-state index in [9.17, 15) is 0 Å². The van der Waals surface area contributed by atoms with Crippen molar-refractivity contribution >= 4 is 40.5 Å². The number of guanidine groups is 1. The summed E-state index contributed by atoms with van der Waals surface area (Å²) in [5.74, 6) is 0.797. The summed E-state index contributed by atoms with van der Waals surface area (Å²) in [7, 11) is 1.88. The second-order valence-electron chi connectivity index (χ2n) is 4.84. The number of aromatic nitrogens is 1. The fourth-order valence-corrected chi connectivity index (χ4v) is 3.12. The molecule has 120 valence electrons. The largest absolute Gasteiger partial charge is 0.357 e. The third-order valence-corrected chi connectivity index (χ3v) is 4.82. The van der Waals surface area contributed by atoms with Crippen LogP contribution in [-0.2, 0) is 20.0 Å². The maximum atomic E-state index is 6.07. The van der Waals surface area contributed by atoms with Crippen LogP contribution in [0.2, 0.25) is 10.2 Å². The van der Waals surface area contributed by atoms with E-state index < -0.39 is 0 Å². The zero-order valence-corrected chi connectivity index (χ0v) is 15.0. The Morgan fingerprint density at radius 1 is 1.36 bits per heavy atom. The van der Waals surface area contributed by atoms with Gasteiger partial charge in [0.1, 0.15) is 5.15 Å². The summed E-state index contributed by atoms with van der Waals surface area (Å²) in [5, 5.41) is 11.9. The molecule has 0 aromatic carbocycles. The number of hydrogen-bond donors (Lipinski definition) is 2. The van der Waals surface area contributed by atoms with Crippen molar-refractivity contribution in [3.63, 3.8) is 0 Å². The minimum atomic E-state index is 0.525. The smallest absolute Gasteiger partial charge is 0.191 e. The SMILES string of the molecule is CCNC(=NCc1cc(Cl)c(Cl)n1C)NCCc1ccsc1. The molecule has 0 saturated heterocycles. The van der Waals surface area contributed by atoms with E-state index in [1.807, 2.05) is 24.6 Å². The predicted octanol–water partition coefficient (Wildman–Crippen LogP) is 3.69. The second kappa shape index (κ2) is 8.46. The van der Waals surface area contributed by atoms with Gasteiger partial charge in [0.25, 0.3) is 0 Å². The van der Waals surface area contributed by atoms with Crippen LogP contribution in [-0.4, -0.2) is 23.6 Å². The molecule has 2 aromatic rings. The standard InChI is InChI=1S/C15H20Cl2N4S/c1-3-18-15(19-6-4-11-5-7-22-10-11)20-9-12-8-13(16)14(17)21(12)2/h5,7-8,10H,3-4,6,9H2,1-2H3,(H2,18,19,20). The molecule has 0 radical (unpaired) electrons. The first-order chi connectivity index (χ1) is 10.6. The Labute approximate surface area is 145 Å². The lowest BCUT2D eigenvalue weighted by Crippen LogP contribution is -2.38. The van der Waals surface area contributed by atoms with Crippen LogP contribution in [0.25, 0.3) is 0 Å². The molecular weight excluding hydrogens is 339 g/mol. The first kappa shape index (κ1) is 17.2. The highest BCUT2D eigenvalue weighted by Crippen LogP contribution is 2.25. The van der Waals surface area contributed by atoms with Crippen LogP contribution < -0.4 is 10.6 Å². The first-order valence-electron chi connectivity index (χ1n) is 7.14. The maximum Gasteiger partial charge on any atom is 0.191 e. The van der Waals surface area contributed by atoms with Crippen LogP contribution in [0.15, 0.2) is 27.9 Å². The molecule has 0 fully saturated rings. The number of aliphatic imine (C=N–C) groups is 1. The highest BCUT2D eigenvalue weighted by atomic mass is 35.5. The van der Waals surface area contributed by atoms with Crippen molar-refractivity contribution in [2.24, 2.45) is 12.0 Å². The van der Waals surface area contributed by atoms with Gasteiger partial charge in [-0.05, 0) is 41.8 Å². The average Bonchev–Trinajstić information content (AvgIpc) is 3.10. The third-order valence-electron chi connectivity index (χ3n) is 3.25. The van der Waals surface area contributed by atoms with Gasteiger partial charge in [-0.2, -0.15) is 11.3 Å². The van der Waals surface area contributed by atoms with E-state index in [2.05, 4.69) is 32.5 Å². The Morgan fingerprint density at radius 2 is 2.18 bits per heavy atom. The Bertz CT molecular complexity index is 620. The molecule has 0 spiro atoms. The summed E-state index contributed by atoms with van der Waals surface area (Å²) in [6.07, 6.45) is 0.982. The third kappa shape index (κ3) is 4.66. The minimum Gasteiger partial charge on any atom is -0.357 e. The van der Waals surface area contributed by atoms with Crippen molar-refractivity contribution in [1.29, 1.82) is 0 Å². The average molecular weight is 359 g/mol. The second-order valence-corrected chi connectivity index (χ2v) is 6.38. The Hall–Kier alpha value is -1.17. The zero-order valence-electron chi connectivity index (χ0n) is 12.7. The van der Waals surface area contributed by atoms with E-state index in [4.69, 9.17) is 23.2 Å². The van der Waals surface area contributed by atoms with E-state index in [0.29, 0.717) is 16.7 Å². The van der Waals surface area contributed by atoms with Crippen LogP contribution in [0.5, 0.6) is 0 Å². The molecule has 0 aliphatic heterocycles. The van der Waals surface area contributed by atoms with Gasteiger partial charge in [0.15, 0.2) is 5.96 Å². The molecule has 0 saturated carbocycles. The van der Waals surface area contributed by atoms with Crippen molar-refractivity contribution in [1.82, 2.24) is 15.2 Å². The van der Waals surface area contributed by atoms with Gasteiger partial charge in [-0.3, -0.25) is 0 Å². The topological polar surface area (TPSA) is 41.4 Å². The highest BCUT2D eigenvalue weighted by molar-refractivity contribution is 7.07. The molecule has 0 amide bonds. The fourth-order valence-electron chi connectivity index (χ4n) is 2.00. The van der Waals surface area contributed by atoms with Crippen LogP contribution in [0.4, 0.5) is 0 Å². The maximum absolute atomic E-state index is 6.07. The molecular formula is C15H20Cl2N4S. The van der Waals surface area contributed by atoms with Gasteiger partial charge < -0.3 is 15.2 Å². The summed E-state index contributed by atoms with van der Waals surface area (Å²) in [6, 6.07) is 3.99. The Kier molecular flexibility index (Phi) is 6.61. The summed E-state index contributed by atoms with van der Waals surface area (Å²) < 4.78 is 1.85. The van der Waals surface area contributed by atoms with Gasteiger partial charge in [-0.25, -0.2) is 4.99 Å². The normalized spacial score (nSPS) is 11.7. The quantitative estimate of drug-likeness (QED) is 0.610. The summed E-state index contributed by atoms with van der Waals surface area (Å²) in [4.78, 5) is 4.58. The van der Waals surface area contributed by atoms with Gasteiger partial charge in [0.2, 0.25) is 0 Å². The van der Waals surface area contributed by atoms with E-state index >= 15 is 0 Å². The van der Waals surface area contributed by atoms with Gasteiger partial charge in [0.05, 0.1) is 11.6 Å². The van der Waals surface area contributed by atoms with Gasteiger partial charge in [-0.15, -0.1) is 0 Å². The number of rotatable bonds is 6. The van der Waals surface area contributed by atoms with Crippen molar-refractivity contribution < 1.29 is 0 Å². The molecule has 2 rings (SSSR count). The molecule has 0 bridgehead atoms. The molecule has 2 N–H and O–H groups in total. The van der Waals surface area contributed by atoms with E-state index in [-0.39, 0.29) is 0 Å². The lowest BCUT2D eigenvalue weighted by Gasteiger charge is -2.11. The molecule has 2 heterocycles. The molecule has 0 atom stereocenters. The lowest BCUT2D eigenvalue weighted by atomic mass is 10.2. The van der Waals surface area contributed by atoms with Gasteiger partial charge in [-0.1, -0.05) is 23.2 Å². The fraction of sp³-hybridized carbons (Fsp3) is 0.400. The van der Waals surface area contributed by atoms with Crippen LogP contribution in [0.1, 0.15) is 18.2 Å². The van der Waals surface area contributed by atoms with Crippen LogP contribution in [0, 0.1) is 0 Å². The zero-order chi connectivity index (χ0) is 15.9. The Morgan fingerprint density at radius 3 is 2.77 bits per heavy atom. The van der Waals surface area contributed by atoms with E-state index in [1.54, 1.807) is 11.3 Å². The Balaban J connectivity index is 1.92. The molecule has 0 aliphatic carbocycles. The summed E-state index contributed by atoms with van der Waals surface area (Å²) in [5.41, 5.74) is 2.32. The summed E-state index contributed by atoms with van der Waals surface area (Å²) >= 11 is 13.8. The lowest BCUT2D eigenvalue weighted by molar-refractivity contribution is 0.780. The highest BCUT2D eigenvalue weighted by Gasteiger charge is 2.08. The van der Waals surface area contributed by atoms with Crippen molar-refractivity contribution in [3.05, 3.63) is 44.3 Å². The minimum absolute atomic E-state index is 0.525. The molecule has 2 aromatic heterocycles. The van der Waals surface area contributed by atoms with Gasteiger partial charge >= 0.3 is 0 Å². The number of hydrogen-bond acceptors (Lipinski definition) is 2. The molecule has 22 heavy (non-hydrogen) atoms. The van der Waals surface area contributed by atoms with Crippen molar-refractivity contribution in [3.8, 4) is 0 Å². The predicted molar refractivity (Wildman–Crippen MR) is 96.3 cm³/mol. The number of halogens is 2. The van der Waals surface area contributed by atoms with Crippen LogP contribution in [0.3, 0.4) is 0 Å². The first-order valence-corrected chi connectivity index (χ1v) is 8.84. The monoisotopic (exact) mass is 358 g/mol. The molecule has 0 unspecified atom stereocenters. The number of nitrogens with one attached hydrogen (secondary N) is 2.